The van der Waals surface area contributed by atoms with Gasteiger partial charge in [0.05, 0.1) is 24.5 Å². The zero-order chi connectivity index (χ0) is 22.8. The van der Waals surface area contributed by atoms with Crippen LogP contribution in [0, 0.1) is 0 Å². The number of H-pyrrole nitrogens is 1. The van der Waals surface area contributed by atoms with Crippen LogP contribution in [0.4, 0.5) is 5.69 Å². The summed E-state index contributed by atoms with van der Waals surface area (Å²) < 4.78 is 0. The number of aliphatic hydroxyl groups is 1. The van der Waals surface area contributed by atoms with E-state index < -0.39 is 0 Å². The second-order valence-corrected chi connectivity index (χ2v) is 8.05. The lowest BCUT2D eigenvalue weighted by Gasteiger charge is -2.08. The van der Waals surface area contributed by atoms with Gasteiger partial charge in [0.2, 0.25) is 5.91 Å². The molecule has 0 unspecified atom stereocenters. The van der Waals surface area contributed by atoms with E-state index in [2.05, 4.69) is 45.1 Å². The van der Waals surface area contributed by atoms with E-state index in [1.54, 1.807) is 12.1 Å². The third-order valence-corrected chi connectivity index (χ3v) is 5.83. The fourth-order valence-electron chi connectivity index (χ4n) is 4.21. The van der Waals surface area contributed by atoms with Crippen molar-refractivity contribution in [2.24, 2.45) is 0 Å². The zero-order valence-corrected chi connectivity index (χ0v) is 17.9. The van der Waals surface area contributed by atoms with E-state index in [9.17, 15) is 9.90 Å². The molecule has 1 heterocycles. The number of amides is 1. The molecule has 0 aliphatic heterocycles. The molecule has 1 aromatic heterocycles. The van der Waals surface area contributed by atoms with Crippen LogP contribution in [0.5, 0.6) is 5.75 Å². The first-order valence-electron chi connectivity index (χ1n) is 10.8. The number of aromatic hydroxyl groups is 1. The van der Waals surface area contributed by atoms with E-state index in [-0.39, 0.29) is 24.8 Å². The standard InChI is InChI=1S/C26H24N4O3/c31-12-11-27-15-24(33)28-20-7-10-22-19(13-20)14-23-25(29-30-26(22)23)18-3-1-16(2-4-18)17-5-8-21(32)9-6-17/h1-10,13,27,31-32H,11-12,14-15H2,(H,28,33)(H,29,30). The number of phenolic OH excluding ortho intramolecular Hbond substituents is 1. The number of aromatic amines is 1. The van der Waals surface area contributed by atoms with Crippen LogP contribution in [0.15, 0.2) is 66.7 Å². The van der Waals surface area contributed by atoms with E-state index in [1.807, 2.05) is 30.3 Å². The van der Waals surface area contributed by atoms with Crippen LogP contribution in [0.2, 0.25) is 0 Å². The SMILES string of the molecule is O=C(CNCCO)Nc1ccc2c(c1)Cc1c(-c3ccc(-c4ccc(O)cc4)cc3)n[nH]c1-2. The Labute approximate surface area is 191 Å². The largest absolute Gasteiger partial charge is 0.508 e. The molecule has 5 N–H and O–H groups in total. The molecule has 0 saturated carbocycles. The van der Waals surface area contributed by atoms with Crippen molar-refractivity contribution < 1.29 is 15.0 Å². The van der Waals surface area contributed by atoms with Gasteiger partial charge in [-0.05, 0) is 41.0 Å². The number of rotatable bonds is 7. The minimum absolute atomic E-state index is 0.000227. The Morgan fingerprint density at radius 2 is 1.67 bits per heavy atom. The summed E-state index contributed by atoms with van der Waals surface area (Å²) in [6.45, 7) is 0.544. The highest BCUT2D eigenvalue weighted by atomic mass is 16.3. The van der Waals surface area contributed by atoms with Gasteiger partial charge in [0.25, 0.3) is 0 Å². The van der Waals surface area contributed by atoms with Crippen LogP contribution in [0.1, 0.15) is 11.1 Å². The average molecular weight is 441 g/mol. The van der Waals surface area contributed by atoms with E-state index in [1.165, 1.54) is 0 Å². The first kappa shape index (κ1) is 20.9. The van der Waals surface area contributed by atoms with E-state index in [0.717, 1.165) is 56.9 Å². The maximum atomic E-state index is 12.1. The van der Waals surface area contributed by atoms with Gasteiger partial charge in [0.15, 0.2) is 0 Å². The molecule has 0 spiro atoms. The molecular weight excluding hydrogens is 416 g/mol. The number of carbonyl (C=O) groups excluding carboxylic acids is 1. The molecule has 33 heavy (non-hydrogen) atoms. The van der Waals surface area contributed by atoms with Crippen molar-refractivity contribution >= 4 is 11.6 Å². The number of aliphatic hydroxyl groups excluding tert-OH is 1. The molecule has 166 valence electrons. The maximum absolute atomic E-state index is 12.1. The highest BCUT2D eigenvalue weighted by Gasteiger charge is 2.25. The Morgan fingerprint density at radius 1 is 0.970 bits per heavy atom. The molecule has 0 bridgehead atoms. The summed E-state index contributed by atoms with van der Waals surface area (Å²) >= 11 is 0. The van der Waals surface area contributed by atoms with Crippen molar-refractivity contribution in [1.29, 1.82) is 0 Å². The topological polar surface area (TPSA) is 110 Å². The molecular formula is C26H24N4O3. The number of hydrogen-bond acceptors (Lipinski definition) is 5. The molecule has 1 aliphatic rings. The van der Waals surface area contributed by atoms with Gasteiger partial charge >= 0.3 is 0 Å². The number of hydrogen-bond donors (Lipinski definition) is 5. The van der Waals surface area contributed by atoms with Gasteiger partial charge in [-0.3, -0.25) is 9.89 Å². The van der Waals surface area contributed by atoms with E-state index in [4.69, 9.17) is 5.11 Å². The van der Waals surface area contributed by atoms with Crippen LogP contribution < -0.4 is 10.6 Å². The van der Waals surface area contributed by atoms with E-state index >= 15 is 0 Å². The van der Waals surface area contributed by atoms with Gasteiger partial charge in [-0.15, -0.1) is 0 Å². The fraction of sp³-hybridized carbons (Fsp3) is 0.154. The van der Waals surface area contributed by atoms with Gasteiger partial charge in [0, 0.05) is 35.3 Å². The number of aromatic nitrogens is 2. The lowest BCUT2D eigenvalue weighted by atomic mass is 10.0. The zero-order valence-electron chi connectivity index (χ0n) is 17.9. The summed E-state index contributed by atoms with van der Waals surface area (Å²) in [5.41, 5.74) is 9.23. The van der Waals surface area contributed by atoms with Gasteiger partial charge in [0.1, 0.15) is 5.75 Å². The summed E-state index contributed by atoms with van der Waals surface area (Å²) in [6.07, 6.45) is 0.739. The normalized spacial score (nSPS) is 11.8. The molecule has 1 amide bonds. The van der Waals surface area contributed by atoms with Crippen LogP contribution >= 0.6 is 0 Å². The monoisotopic (exact) mass is 440 g/mol. The molecule has 5 rings (SSSR count). The number of carbonyl (C=O) groups is 1. The Kier molecular flexibility index (Phi) is 5.64. The molecule has 1 aliphatic carbocycles. The first-order chi connectivity index (χ1) is 16.1. The van der Waals surface area contributed by atoms with Crippen LogP contribution in [0.3, 0.4) is 0 Å². The Morgan fingerprint density at radius 3 is 2.39 bits per heavy atom. The molecule has 7 heteroatoms. The number of anilines is 1. The number of nitrogens with one attached hydrogen (secondary N) is 3. The molecule has 0 atom stereocenters. The quantitative estimate of drug-likeness (QED) is 0.249. The van der Waals surface area contributed by atoms with Crippen molar-refractivity contribution in [2.75, 3.05) is 25.0 Å². The van der Waals surface area contributed by atoms with Crippen molar-refractivity contribution in [2.45, 2.75) is 6.42 Å². The summed E-state index contributed by atoms with van der Waals surface area (Å²) in [7, 11) is 0. The van der Waals surface area contributed by atoms with Gasteiger partial charge in [-0.1, -0.05) is 42.5 Å². The third-order valence-electron chi connectivity index (χ3n) is 5.83. The maximum Gasteiger partial charge on any atom is 0.238 e. The summed E-state index contributed by atoms with van der Waals surface area (Å²) in [5, 5.41) is 31.8. The first-order valence-corrected chi connectivity index (χ1v) is 10.8. The lowest BCUT2D eigenvalue weighted by Crippen LogP contribution is -2.29. The summed E-state index contributed by atoms with van der Waals surface area (Å²) in [6, 6.07) is 21.3. The van der Waals surface area contributed by atoms with Gasteiger partial charge < -0.3 is 20.8 Å². The lowest BCUT2D eigenvalue weighted by molar-refractivity contribution is -0.115. The predicted octanol–water partition coefficient (Wildman–Crippen LogP) is 3.54. The molecule has 0 fully saturated rings. The van der Waals surface area contributed by atoms with Crippen LogP contribution in [0.25, 0.3) is 33.6 Å². The Hall–Kier alpha value is -3.94. The minimum Gasteiger partial charge on any atom is -0.508 e. The number of phenols is 1. The second kappa shape index (κ2) is 8.90. The fourth-order valence-corrected chi connectivity index (χ4v) is 4.21. The number of fused-ring (bicyclic) bond motifs is 3. The predicted molar refractivity (Wildman–Crippen MR) is 128 cm³/mol. The highest BCUT2D eigenvalue weighted by molar-refractivity contribution is 5.93. The van der Waals surface area contributed by atoms with Gasteiger partial charge in [-0.25, -0.2) is 0 Å². The molecule has 3 aromatic carbocycles. The number of nitrogens with zero attached hydrogens (tertiary/aromatic N) is 1. The van der Waals surface area contributed by atoms with Crippen molar-refractivity contribution in [3.63, 3.8) is 0 Å². The van der Waals surface area contributed by atoms with Crippen molar-refractivity contribution in [1.82, 2.24) is 15.5 Å². The molecule has 7 nitrogen and oxygen atoms in total. The molecule has 0 saturated heterocycles. The highest BCUT2D eigenvalue weighted by Crippen LogP contribution is 2.41. The van der Waals surface area contributed by atoms with Crippen molar-refractivity contribution in [3.8, 4) is 39.4 Å². The van der Waals surface area contributed by atoms with E-state index in [0.29, 0.717) is 6.54 Å². The molecule has 0 radical (unpaired) electrons. The second-order valence-electron chi connectivity index (χ2n) is 8.05. The van der Waals surface area contributed by atoms with Crippen LogP contribution in [-0.4, -0.2) is 46.0 Å². The Bertz CT molecular complexity index is 1290. The Balaban J connectivity index is 1.34. The minimum atomic E-state index is -0.143. The summed E-state index contributed by atoms with van der Waals surface area (Å²) in [5.74, 6) is 0.110. The molecule has 4 aromatic rings. The van der Waals surface area contributed by atoms with Gasteiger partial charge in [-0.2, -0.15) is 5.10 Å². The smallest absolute Gasteiger partial charge is 0.238 e. The summed E-state index contributed by atoms with van der Waals surface area (Å²) in [4.78, 5) is 12.1. The average Bonchev–Trinajstić information content (AvgIpc) is 3.39. The third kappa shape index (κ3) is 4.24. The van der Waals surface area contributed by atoms with Crippen LogP contribution in [-0.2, 0) is 11.2 Å². The van der Waals surface area contributed by atoms with Crippen molar-refractivity contribution in [3.05, 3.63) is 77.9 Å². The number of benzene rings is 3.